The number of nitrogens with zero attached hydrogens (tertiary/aromatic N) is 4. The molecule has 0 atom stereocenters. The SMILES string of the molecule is COc1cc(-c2ccc(N=Nc3cc(S(=O)(=O)[O-])c4cccc(S(=O)(=O)[O-])c4c3[O-])c([O-])c2)ccc1N=Nc1c(S(=O)(=O)[O-])cc2cc(Nc3ccccc3)ccc2c1O.[Cu+2].[Na+].[Na+].[Na+]. The number of azo groups is 2. The second kappa shape index (κ2) is 21.9. The molecule has 7 rings (SSSR count). The first kappa shape index (κ1) is 54.8. The van der Waals surface area contributed by atoms with Crippen LogP contribution in [0.5, 0.6) is 23.0 Å². The van der Waals surface area contributed by atoms with E-state index in [9.17, 15) is 54.2 Å². The number of aromatic hydroxyl groups is 1. The van der Waals surface area contributed by atoms with Gasteiger partial charge >= 0.3 is 106 Å². The third-order valence-corrected chi connectivity index (χ3v) is 11.5. The Bertz CT molecular complexity index is 3320. The average molecular weight is 999 g/mol. The molecule has 0 aliphatic carbocycles. The van der Waals surface area contributed by atoms with E-state index in [0.29, 0.717) is 22.9 Å². The van der Waals surface area contributed by atoms with Gasteiger partial charge in [-0.15, -0.1) is 10.2 Å². The normalized spacial score (nSPS) is 11.7. The molecular weight excluding hydrogens is 975 g/mol. The summed E-state index contributed by atoms with van der Waals surface area (Å²) in [5.41, 5.74) is 0.195. The molecule has 0 aromatic heterocycles. The molecule has 18 nitrogen and oxygen atoms in total. The molecule has 7 aromatic carbocycles. The predicted octanol–water partition coefficient (Wildman–Crippen LogP) is -2.18. The van der Waals surface area contributed by atoms with Crippen molar-refractivity contribution in [3.63, 3.8) is 0 Å². The molecule has 0 spiro atoms. The molecule has 64 heavy (non-hydrogen) atoms. The van der Waals surface area contributed by atoms with Gasteiger partial charge < -0.3 is 39.0 Å². The van der Waals surface area contributed by atoms with Crippen molar-refractivity contribution in [3.8, 4) is 34.1 Å². The number of ether oxygens (including phenoxy) is 1. The minimum absolute atomic E-state index is 0. The fraction of sp³-hybridized carbons (Fsp3) is 0.0256. The summed E-state index contributed by atoms with van der Waals surface area (Å²) in [5, 5.41) is 54.8. The zero-order chi connectivity index (χ0) is 43.1. The maximum Gasteiger partial charge on any atom is 2.00 e. The quantitative estimate of drug-likeness (QED) is 0.0791. The zero-order valence-corrected chi connectivity index (χ0v) is 43.0. The number of benzene rings is 7. The summed E-state index contributed by atoms with van der Waals surface area (Å²) in [6.07, 6.45) is 0. The van der Waals surface area contributed by atoms with Gasteiger partial charge in [0.05, 0.1) is 33.2 Å². The van der Waals surface area contributed by atoms with Gasteiger partial charge in [-0.25, -0.2) is 25.3 Å². The van der Waals surface area contributed by atoms with E-state index in [1.807, 2.05) is 30.3 Å². The predicted molar refractivity (Wildman–Crippen MR) is 209 cm³/mol. The molecule has 0 amide bonds. The minimum Gasteiger partial charge on any atom is -0.871 e. The van der Waals surface area contributed by atoms with E-state index in [1.165, 1.54) is 43.5 Å². The Morgan fingerprint density at radius 3 is 1.77 bits per heavy atom. The first-order chi connectivity index (χ1) is 28.3. The number of hydrogen-bond donors (Lipinski definition) is 2. The summed E-state index contributed by atoms with van der Waals surface area (Å²) in [4.78, 5) is -2.95. The van der Waals surface area contributed by atoms with E-state index in [4.69, 9.17) is 4.74 Å². The van der Waals surface area contributed by atoms with E-state index in [0.717, 1.165) is 36.0 Å². The van der Waals surface area contributed by atoms with Gasteiger partial charge in [0.2, 0.25) is 0 Å². The van der Waals surface area contributed by atoms with Gasteiger partial charge in [-0.1, -0.05) is 60.0 Å². The van der Waals surface area contributed by atoms with Crippen molar-refractivity contribution in [2.45, 2.75) is 14.7 Å². The van der Waals surface area contributed by atoms with E-state index in [1.54, 1.807) is 12.1 Å². The van der Waals surface area contributed by atoms with Gasteiger partial charge in [-0.05, 0) is 94.0 Å². The number of phenols is 1. The average Bonchev–Trinajstić information content (AvgIpc) is 3.19. The van der Waals surface area contributed by atoms with Gasteiger partial charge in [0.1, 0.15) is 47.5 Å². The number of anilines is 2. The van der Waals surface area contributed by atoms with Gasteiger partial charge in [-0.3, -0.25) is 0 Å². The Morgan fingerprint density at radius 2 is 1.16 bits per heavy atom. The van der Waals surface area contributed by atoms with Crippen LogP contribution in [0.25, 0.3) is 32.7 Å². The fourth-order valence-electron chi connectivity index (χ4n) is 6.19. The van der Waals surface area contributed by atoms with Crippen molar-refractivity contribution in [2.24, 2.45) is 20.5 Å². The molecule has 25 heteroatoms. The Hall–Kier alpha value is -3.49. The van der Waals surface area contributed by atoms with Gasteiger partial charge in [0.25, 0.3) is 0 Å². The van der Waals surface area contributed by atoms with E-state index >= 15 is 0 Å². The van der Waals surface area contributed by atoms with Crippen molar-refractivity contribution in [3.05, 3.63) is 115 Å². The van der Waals surface area contributed by atoms with Crippen LogP contribution in [0.15, 0.2) is 150 Å². The third kappa shape index (κ3) is 11.9. The van der Waals surface area contributed by atoms with Crippen molar-refractivity contribution in [1.82, 2.24) is 0 Å². The molecule has 2 N–H and O–H groups in total. The summed E-state index contributed by atoms with van der Waals surface area (Å²) in [6, 6.07) is 26.2. The van der Waals surface area contributed by atoms with Crippen LogP contribution in [0, 0.1) is 0 Å². The van der Waals surface area contributed by atoms with E-state index in [-0.39, 0.29) is 134 Å². The number of methoxy groups -OCH3 is 1. The monoisotopic (exact) mass is 998 g/mol. The number of rotatable bonds is 11. The van der Waals surface area contributed by atoms with Crippen molar-refractivity contribution < 1.29 is 165 Å². The van der Waals surface area contributed by atoms with Crippen LogP contribution in [0.2, 0.25) is 0 Å². The molecule has 0 heterocycles. The number of para-hydroxylation sites is 1. The molecule has 1 radical (unpaired) electrons. The molecule has 0 saturated heterocycles. The van der Waals surface area contributed by atoms with Crippen LogP contribution >= 0.6 is 0 Å². The molecule has 315 valence electrons. The summed E-state index contributed by atoms with van der Waals surface area (Å²) in [5.74, 6) is -2.54. The van der Waals surface area contributed by atoms with Gasteiger partial charge in [-0.2, -0.15) is 10.2 Å². The minimum atomic E-state index is -5.33. The zero-order valence-electron chi connectivity index (χ0n) is 33.6. The maximum atomic E-state index is 13.2. The summed E-state index contributed by atoms with van der Waals surface area (Å²) >= 11 is 0. The van der Waals surface area contributed by atoms with Crippen LogP contribution in [-0.2, 0) is 47.4 Å². The van der Waals surface area contributed by atoms with Crippen LogP contribution in [-0.4, -0.2) is 51.1 Å². The fourth-order valence-corrected chi connectivity index (χ4v) is 8.23. The number of nitrogens with one attached hydrogen (secondary N) is 1. The summed E-state index contributed by atoms with van der Waals surface area (Å²) < 4.78 is 114. The molecule has 0 bridgehead atoms. The van der Waals surface area contributed by atoms with Gasteiger partial charge in [0, 0.05) is 16.8 Å². The first-order valence-corrected chi connectivity index (χ1v) is 21.1. The topological polar surface area (TPSA) is 309 Å². The molecule has 0 fully saturated rings. The Labute approximate surface area is 442 Å². The van der Waals surface area contributed by atoms with Crippen molar-refractivity contribution >= 4 is 86.0 Å². The Kier molecular flexibility index (Phi) is 18.7. The molecule has 7 aromatic rings. The molecule has 0 unspecified atom stereocenters. The van der Waals surface area contributed by atoms with Gasteiger partial charge in [0.15, 0.2) is 5.75 Å². The second-order valence-electron chi connectivity index (χ2n) is 12.7. The smallest absolute Gasteiger partial charge is 0.871 e. The van der Waals surface area contributed by atoms with Crippen LogP contribution < -0.4 is 109 Å². The molecular formula is C39H24CuN5Na3O13S3. The third-order valence-electron chi connectivity index (χ3n) is 8.94. The van der Waals surface area contributed by atoms with Crippen LogP contribution in [0.4, 0.5) is 34.1 Å². The second-order valence-corrected chi connectivity index (χ2v) is 16.8. The Morgan fingerprint density at radius 1 is 0.562 bits per heavy atom. The standard InChI is InChI=1S/C39H29N5O13S3.Cu.3Na/c1-57-32-18-22(11-15-29(32)42-44-37-35(60(54,55)56)19-23-16-25(12-13-26(23)38(37)46)40-24-6-3-2-4-7-24)21-10-14-28(31(45)17-21)41-43-30-20-34(59(51,52)53)27-8-5-9-33(58(48,49)50)36(27)39(30)47;;;;/h2-20,40,45-47H,1H3,(H,48,49,50)(H,51,52,53)(H,54,55,56);;;;/q;+2;3*+1/p-5. The number of phenolic OH excluding ortho intramolecular Hbond substituents is 1. The van der Waals surface area contributed by atoms with E-state index < -0.39 is 84.4 Å². The van der Waals surface area contributed by atoms with Crippen LogP contribution in [0.1, 0.15) is 0 Å². The maximum absolute atomic E-state index is 13.2. The Balaban J connectivity index is 0.00000272. The van der Waals surface area contributed by atoms with E-state index in [2.05, 4.69) is 25.8 Å². The summed E-state index contributed by atoms with van der Waals surface area (Å²) in [6.45, 7) is 0. The molecule has 0 aliphatic heterocycles. The molecule has 0 saturated carbocycles. The largest absolute Gasteiger partial charge is 2.00 e. The first-order valence-electron chi connectivity index (χ1n) is 16.9. The summed E-state index contributed by atoms with van der Waals surface area (Å²) in [7, 11) is -14.5. The van der Waals surface area contributed by atoms with Crippen molar-refractivity contribution in [1.29, 1.82) is 0 Å². The molecule has 0 aliphatic rings. The number of fused-ring (bicyclic) bond motifs is 2. The van der Waals surface area contributed by atoms with Crippen LogP contribution in [0.3, 0.4) is 0 Å². The number of hydrogen-bond acceptors (Lipinski definition) is 18. The van der Waals surface area contributed by atoms with Crippen molar-refractivity contribution in [2.75, 3.05) is 12.4 Å².